The Bertz CT molecular complexity index is 183. The fourth-order valence-electron chi connectivity index (χ4n) is 1.59. The summed E-state index contributed by atoms with van der Waals surface area (Å²) >= 11 is 0. The van der Waals surface area contributed by atoms with Gasteiger partial charge >= 0.3 is 5.97 Å². The van der Waals surface area contributed by atoms with E-state index in [1.54, 1.807) is 6.08 Å². The number of aliphatic carboxylic acids is 1. The van der Waals surface area contributed by atoms with Crippen molar-refractivity contribution in [2.45, 2.75) is 25.7 Å². The van der Waals surface area contributed by atoms with Gasteiger partial charge in [0.25, 0.3) is 0 Å². The summed E-state index contributed by atoms with van der Waals surface area (Å²) in [6.07, 6.45) is 7.39. The van der Waals surface area contributed by atoms with Crippen LogP contribution in [0.1, 0.15) is 25.7 Å². The van der Waals surface area contributed by atoms with Crippen LogP contribution in [0.5, 0.6) is 0 Å². The summed E-state index contributed by atoms with van der Waals surface area (Å²) in [6.45, 7) is 2.22. The Labute approximate surface area is 78.8 Å². The molecule has 1 aliphatic heterocycles. The van der Waals surface area contributed by atoms with Gasteiger partial charge in [-0.05, 0) is 38.3 Å². The third-order valence-corrected chi connectivity index (χ3v) is 2.39. The van der Waals surface area contributed by atoms with Gasteiger partial charge in [0, 0.05) is 0 Å². The highest BCUT2D eigenvalue weighted by molar-refractivity contribution is 5.68. The Morgan fingerprint density at radius 1 is 1.38 bits per heavy atom. The van der Waals surface area contributed by atoms with Crippen molar-refractivity contribution in [1.29, 1.82) is 0 Å². The number of hydrogen-bond acceptors (Lipinski definition) is 2. The minimum absolute atomic E-state index is 0.158. The van der Waals surface area contributed by atoms with Crippen molar-refractivity contribution in [2.75, 3.05) is 13.1 Å². The highest BCUT2D eigenvalue weighted by atomic mass is 16.4. The molecule has 1 rings (SSSR count). The lowest BCUT2D eigenvalue weighted by Crippen LogP contribution is -2.27. The molecule has 0 saturated carbocycles. The van der Waals surface area contributed by atoms with Gasteiger partial charge in [-0.15, -0.1) is 0 Å². The van der Waals surface area contributed by atoms with Crippen LogP contribution in [-0.4, -0.2) is 24.2 Å². The molecule has 0 aromatic carbocycles. The van der Waals surface area contributed by atoms with Gasteiger partial charge < -0.3 is 10.4 Å². The van der Waals surface area contributed by atoms with Gasteiger partial charge in [0.2, 0.25) is 0 Å². The first-order valence-electron chi connectivity index (χ1n) is 4.86. The largest absolute Gasteiger partial charge is 0.481 e. The highest BCUT2D eigenvalue weighted by Crippen LogP contribution is 2.16. The SMILES string of the molecule is O=C(O)C/C=C\CC1CCNCC1. The molecule has 3 heteroatoms. The Morgan fingerprint density at radius 3 is 2.69 bits per heavy atom. The molecule has 2 N–H and O–H groups in total. The first kappa shape index (κ1) is 10.3. The number of piperidine rings is 1. The molecule has 74 valence electrons. The zero-order valence-electron chi connectivity index (χ0n) is 7.83. The average Bonchev–Trinajstić information content (AvgIpc) is 2.14. The van der Waals surface area contributed by atoms with E-state index in [9.17, 15) is 4.79 Å². The molecule has 3 nitrogen and oxygen atoms in total. The molecule has 13 heavy (non-hydrogen) atoms. The first-order valence-corrected chi connectivity index (χ1v) is 4.86. The maximum atomic E-state index is 10.2. The van der Waals surface area contributed by atoms with Crippen LogP contribution in [0.25, 0.3) is 0 Å². The summed E-state index contributed by atoms with van der Waals surface area (Å²) in [5, 5.41) is 11.7. The van der Waals surface area contributed by atoms with Crippen molar-refractivity contribution in [3.63, 3.8) is 0 Å². The lowest BCUT2D eigenvalue weighted by atomic mass is 9.94. The number of rotatable bonds is 4. The van der Waals surface area contributed by atoms with Crippen molar-refractivity contribution < 1.29 is 9.90 Å². The van der Waals surface area contributed by atoms with E-state index in [4.69, 9.17) is 5.11 Å². The second-order valence-electron chi connectivity index (χ2n) is 3.50. The summed E-state index contributed by atoms with van der Waals surface area (Å²) < 4.78 is 0. The number of nitrogens with one attached hydrogen (secondary N) is 1. The predicted octanol–water partition coefficient (Wildman–Crippen LogP) is 1.41. The predicted molar refractivity (Wildman–Crippen MR) is 51.6 cm³/mol. The molecule has 0 atom stereocenters. The molecule has 0 unspecified atom stereocenters. The molecular weight excluding hydrogens is 166 g/mol. The monoisotopic (exact) mass is 183 g/mol. The van der Waals surface area contributed by atoms with Gasteiger partial charge in [0.1, 0.15) is 0 Å². The number of carboxylic acids is 1. The lowest BCUT2D eigenvalue weighted by Gasteiger charge is -2.20. The molecule has 0 bridgehead atoms. The zero-order valence-corrected chi connectivity index (χ0v) is 7.83. The van der Waals surface area contributed by atoms with Crippen molar-refractivity contribution >= 4 is 5.97 Å². The Kier molecular flexibility index (Phi) is 4.54. The Morgan fingerprint density at radius 2 is 2.08 bits per heavy atom. The lowest BCUT2D eigenvalue weighted by molar-refractivity contribution is -0.136. The van der Waals surface area contributed by atoms with E-state index in [2.05, 4.69) is 5.32 Å². The third-order valence-electron chi connectivity index (χ3n) is 2.39. The Balaban J connectivity index is 2.09. The Hall–Kier alpha value is -0.830. The second-order valence-corrected chi connectivity index (χ2v) is 3.50. The van der Waals surface area contributed by atoms with Crippen LogP contribution in [0.3, 0.4) is 0 Å². The van der Waals surface area contributed by atoms with Gasteiger partial charge in [-0.25, -0.2) is 0 Å². The van der Waals surface area contributed by atoms with E-state index in [-0.39, 0.29) is 6.42 Å². The van der Waals surface area contributed by atoms with Crippen molar-refractivity contribution in [2.24, 2.45) is 5.92 Å². The smallest absolute Gasteiger partial charge is 0.307 e. The van der Waals surface area contributed by atoms with Gasteiger partial charge in [0.05, 0.1) is 6.42 Å². The topological polar surface area (TPSA) is 49.3 Å². The minimum Gasteiger partial charge on any atom is -0.481 e. The number of hydrogen-bond donors (Lipinski definition) is 2. The van der Waals surface area contributed by atoms with Crippen LogP contribution in [0.2, 0.25) is 0 Å². The van der Waals surface area contributed by atoms with Crippen LogP contribution < -0.4 is 5.32 Å². The van der Waals surface area contributed by atoms with Gasteiger partial charge in [-0.3, -0.25) is 4.79 Å². The van der Waals surface area contributed by atoms with Gasteiger partial charge in [-0.1, -0.05) is 12.2 Å². The third kappa shape index (κ3) is 4.68. The molecular formula is C10H17NO2. The molecule has 0 aliphatic carbocycles. The molecule has 1 aliphatic rings. The molecule has 1 saturated heterocycles. The van der Waals surface area contributed by atoms with Crippen molar-refractivity contribution in [3.8, 4) is 0 Å². The maximum Gasteiger partial charge on any atom is 0.307 e. The normalized spacial score (nSPS) is 19.4. The van der Waals surface area contributed by atoms with Crippen molar-refractivity contribution in [1.82, 2.24) is 5.32 Å². The molecule has 0 radical (unpaired) electrons. The van der Waals surface area contributed by atoms with Crippen molar-refractivity contribution in [3.05, 3.63) is 12.2 Å². The summed E-state index contributed by atoms with van der Waals surface area (Å²) in [6, 6.07) is 0. The van der Waals surface area contributed by atoms with Crippen LogP contribution in [-0.2, 0) is 4.79 Å². The quantitative estimate of drug-likeness (QED) is 0.648. The zero-order chi connectivity index (χ0) is 9.52. The average molecular weight is 183 g/mol. The second kappa shape index (κ2) is 5.75. The molecule has 0 amide bonds. The molecule has 1 heterocycles. The van der Waals surface area contributed by atoms with E-state index < -0.39 is 5.97 Å². The van der Waals surface area contributed by atoms with Gasteiger partial charge in [-0.2, -0.15) is 0 Å². The molecule has 0 aromatic heterocycles. The summed E-state index contributed by atoms with van der Waals surface area (Å²) in [4.78, 5) is 10.2. The van der Waals surface area contributed by atoms with E-state index in [0.717, 1.165) is 25.4 Å². The van der Waals surface area contributed by atoms with E-state index >= 15 is 0 Å². The number of carbonyl (C=O) groups is 1. The van der Waals surface area contributed by atoms with Crippen LogP contribution in [0, 0.1) is 5.92 Å². The van der Waals surface area contributed by atoms with Crippen LogP contribution >= 0.6 is 0 Å². The number of allylic oxidation sites excluding steroid dienone is 1. The van der Waals surface area contributed by atoms with Crippen LogP contribution in [0.15, 0.2) is 12.2 Å². The molecule has 1 fully saturated rings. The first-order chi connectivity index (χ1) is 6.29. The molecule has 0 aromatic rings. The van der Waals surface area contributed by atoms with E-state index in [1.807, 2.05) is 6.08 Å². The summed E-state index contributed by atoms with van der Waals surface area (Å²) in [7, 11) is 0. The minimum atomic E-state index is -0.749. The highest BCUT2D eigenvalue weighted by Gasteiger charge is 2.10. The molecule has 0 spiro atoms. The fourth-order valence-corrected chi connectivity index (χ4v) is 1.59. The number of carboxylic acid groups (broad SMARTS) is 1. The van der Waals surface area contributed by atoms with E-state index in [1.165, 1.54) is 12.8 Å². The fraction of sp³-hybridized carbons (Fsp3) is 0.700. The van der Waals surface area contributed by atoms with Gasteiger partial charge in [0.15, 0.2) is 0 Å². The standard InChI is InChI=1S/C10H17NO2/c12-10(13)4-2-1-3-9-5-7-11-8-6-9/h1-2,9,11H,3-8H2,(H,12,13)/b2-1-. The van der Waals surface area contributed by atoms with E-state index in [0.29, 0.717) is 0 Å². The van der Waals surface area contributed by atoms with Crippen LogP contribution in [0.4, 0.5) is 0 Å². The maximum absolute atomic E-state index is 10.2. The summed E-state index contributed by atoms with van der Waals surface area (Å²) in [5.41, 5.74) is 0. The summed E-state index contributed by atoms with van der Waals surface area (Å²) in [5.74, 6) is 0.00727.